The van der Waals surface area contributed by atoms with E-state index in [-0.39, 0.29) is 5.88 Å². The number of hydrogen-bond donors (Lipinski definition) is 2. The van der Waals surface area contributed by atoms with Crippen molar-refractivity contribution >= 4 is 22.2 Å². The van der Waals surface area contributed by atoms with Crippen molar-refractivity contribution in [2.75, 3.05) is 23.3 Å². The van der Waals surface area contributed by atoms with E-state index in [9.17, 15) is 5.11 Å². The number of benzene rings is 1. The number of thiazole rings is 1. The van der Waals surface area contributed by atoms with Crippen LogP contribution in [0, 0.1) is 11.8 Å². The summed E-state index contributed by atoms with van der Waals surface area (Å²) in [4.78, 5) is 7.83. The lowest BCUT2D eigenvalue weighted by Crippen LogP contribution is -2.31. The van der Waals surface area contributed by atoms with E-state index < -0.39 is 0 Å². The summed E-state index contributed by atoms with van der Waals surface area (Å²) in [6, 6.07) is 9.18. The molecule has 1 saturated carbocycles. The van der Waals surface area contributed by atoms with E-state index in [0.717, 1.165) is 35.4 Å². The summed E-state index contributed by atoms with van der Waals surface area (Å²) >= 11 is 1.62. The van der Waals surface area contributed by atoms with Gasteiger partial charge in [-0.25, -0.2) is 0 Å². The molecule has 5 rings (SSSR count). The summed E-state index contributed by atoms with van der Waals surface area (Å²) in [6.07, 6.45) is 10.4. The minimum absolute atomic E-state index is 0.210. The van der Waals surface area contributed by atoms with Gasteiger partial charge in [0.15, 0.2) is 5.13 Å². The molecule has 5 heteroatoms. The second kappa shape index (κ2) is 6.62. The first kappa shape index (κ1) is 16.2. The van der Waals surface area contributed by atoms with Gasteiger partial charge in [-0.3, -0.25) is 0 Å². The van der Waals surface area contributed by atoms with E-state index in [2.05, 4.69) is 51.6 Å². The Hall–Kier alpha value is -2.01. The summed E-state index contributed by atoms with van der Waals surface area (Å²) in [7, 11) is 0. The van der Waals surface area contributed by atoms with E-state index in [1.807, 2.05) is 0 Å². The minimum atomic E-state index is 0.210. The van der Waals surface area contributed by atoms with Crippen LogP contribution in [0.1, 0.15) is 29.7 Å². The van der Waals surface area contributed by atoms with Crippen molar-refractivity contribution in [3.05, 3.63) is 46.9 Å². The van der Waals surface area contributed by atoms with Gasteiger partial charge in [0.2, 0.25) is 5.88 Å². The molecule has 2 N–H and O–H groups in total. The van der Waals surface area contributed by atoms with Crippen LogP contribution >= 0.6 is 11.3 Å². The highest BCUT2D eigenvalue weighted by Crippen LogP contribution is 2.41. The molecule has 3 unspecified atom stereocenters. The fourth-order valence-corrected chi connectivity index (χ4v) is 5.66. The fourth-order valence-electron chi connectivity index (χ4n) is 4.75. The zero-order valence-corrected chi connectivity index (χ0v) is 15.7. The first-order chi connectivity index (χ1) is 12.8. The Morgan fingerprint density at radius 2 is 2.15 bits per heavy atom. The quantitative estimate of drug-likeness (QED) is 0.777. The van der Waals surface area contributed by atoms with Crippen molar-refractivity contribution < 1.29 is 5.11 Å². The lowest BCUT2D eigenvalue weighted by atomic mass is 10.0. The molecular formula is C21H25N3OS. The van der Waals surface area contributed by atoms with E-state index in [0.29, 0.717) is 12.0 Å². The van der Waals surface area contributed by atoms with Gasteiger partial charge in [0.05, 0.1) is 4.88 Å². The molecule has 0 saturated heterocycles. The Bertz CT molecular complexity index is 830. The number of fused-ring (bicyclic) bond motifs is 3. The maximum absolute atomic E-state index is 10.3. The van der Waals surface area contributed by atoms with Crippen LogP contribution in [0.15, 0.2) is 36.4 Å². The molecule has 0 amide bonds. The molecule has 0 radical (unpaired) electrons. The highest BCUT2D eigenvalue weighted by Gasteiger charge is 2.36. The van der Waals surface area contributed by atoms with Crippen molar-refractivity contribution in [3.63, 3.8) is 0 Å². The number of allylic oxidation sites excluding steroid dienone is 1. The third kappa shape index (κ3) is 2.98. The number of nitrogens with one attached hydrogen (secondary N) is 1. The van der Waals surface area contributed by atoms with E-state index in [1.54, 1.807) is 11.3 Å². The van der Waals surface area contributed by atoms with Crippen molar-refractivity contribution in [2.45, 2.75) is 38.1 Å². The van der Waals surface area contributed by atoms with Gasteiger partial charge in [0.25, 0.3) is 0 Å². The number of anilines is 2. The van der Waals surface area contributed by atoms with E-state index in [1.165, 1.54) is 36.9 Å². The van der Waals surface area contributed by atoms with Crippen LogP contribution in [0.2, 0.25) is 0 Å². The van der Waals surface area contributed by atoms with Crippen LogP contribution in [0.5, 0.6) is 5.88 Å². The molecular weight excluding hydrogens is 342 g/mol. The normalized spacial score (nSPS) is 26.3. The topological polar surface area (TPSA) is 48.4 Å². The van der Waals surface area contributed by atoms with Crippen LogP contribution in [-0.2, 0) is 12.8 Å². The summed E-state index contributed by atoms with van der Waals surface area (Å²) in [5.41, 5.74) is 2.80. The summed E-state index contributed by atoms with van der Waals surface area (Å²) in [5.74, 6) is 1.59. The Labute approximate surface area is 158 Å². The predicted octanol–water partition coefficient (Wildman–Crippen LogP) is 4.22. The van der Waals surface area contributed by atoms with Crippen LogP contribution in [0.4, 0.5) is 10.8 Å². The average molecular weight is 368 g/mol. The monoisotopic (exact) mass is 367 g/mol. The predicted molar refractivity (Wildman–Crippen MR) is 107 cm³/mol. The van der Waals surface area contributed by atoms with Crippen molar-refractivity contribution in [3.8, 4) is 5.88 Å². The molecule has 3 atom stereocenters. The van der Waals surface area contributed by atoms with Gasteiger partial charge in [0, 0.05) is 31.2 Å². The maximum atomic E-state index is 10.3. The summed E-state index contributed by atoms with van der Waals surface area (Å²) in [5, 5.41) is 14.7. The van der Waals surface area contributed by atoms with Gasteiger partial charge in [-0.15, -0.1) is 0 Å². The maximum Gasteiger partial charge on any atom is 0.227 e. The lowest BCUT2D eigenvalue weighted by Gasteiger charge is -2.31. The summed E-state index contributed by atoms with van der Waals surface area (Å²) < 4.78 is 0. The van der Waals surface area contributed by atoms with E-state index in [4.69, 9.17) is 0 Å². The van der Waals surface area contributed by atoms with E-state index >= 15 is 0 Å². The average Bonchev–Trinajstić information content (AvgIpc) is 3.36. The molecule has 136 valence electrons. The van der Waals surface area contributed by atoms with Crippen LogP contribution in [0.3, 0.4) is 0 Å². The Morgan fingerprint density at radius 3 is 3.00 bits per heavy atom. The highest BCUT2D eigenvalue weighted by atomic mass is 32.1. The zero-order chi connectivity index (χ0) is 17.5. The molecule has 0 spiro atoms. The Balaban J connectivity index is 1.24. The van der Waals surface area contributed by atoms with Gasteiger partial charge in [0.1, 0.15) is 0 Å². The van der Waals surface area contributed by atoms with Gasteiger partial charge < -0.3 is 15.3 Å². The summed E-state index contributed by atoms with van der Waals surface area (Å²) in [6.45, 7) is 2.03. The lowest BCUT2D eigenvalue weighted by molar-refractivity contribution is 0.451. The van der Waals surface area contributed by atoms with Crippen LogP contribution in [0.25, 0.3) is 0 Å². The Morgan fingerprint density at radius 1 is 1.23 bits per heavy atom. The molecule has 2 aliphatic carbocycles. The van der Waals surface area contributed by atoms with Gasteiger partial charge in [-0.05, 0) is 49.1 Å². The third-order valence-corrected chi connectivity index (χ3v) is 7.12. The zero-order valence-electron chi connectivity index (χ0n) is 14.9. The molecule has 1 aliphatic heterocycles. The van der Waals surface area contributed by atoms with Crippen molar-refractivity contribution in [1.82, 2.24) is 4.98 Å². The number of aromatic nitrogens is 1. The van der Waals surface area contributed by atoms with Crippen molar-refractivity contribution in [1.29, 1.82) is 0 Å². The number of nitrogens with zero attached hydrogens (tertiary/aromatic N) is 2. The standard InChI is InChI=1S/C21H25N3OS/c25-20-19(9-11-24-10-3-5-15-4-1-2-6-18(15)24)26-21(23-20)22-17-13-14-7-8-16(17)12-14/h1-2,4,6-8,14,16-17,25H,3,5,9-13H2,(H,22,23). The molecule has 2 bridgehead atoms. The first-order valence-corrected chi connectivity index (χ1v) is 10.5. The Kier molecular flexibility index (Phi) is 4.12. The molecule has 4 nitrogen and oxygen atoms in total. The van der Waals surface area contributed by atoms with Crippen molar-refractivity contribution in [2.24, 2.45) is 11.8 Å². The van der Waals surface area contributed by atoms with Gasteiger partial charge in [-0.1, -0.05) is 41.7 Å². The number of para-hydroxylation sites is 1. The second-order valence-corrected chi connectivity index (χ2v) is 8.85. The SMILES string of the molecule is Oc1nc(NC2CC3C=CC2C3)sc1CCN1CCCc2ccccc21. The molecule has 1 aromatic heterocycles. The molecule has 2 heterocycles. The molecule has 1 aromatic carbocycles. The van der Waals surface area contributed by atoms with Crippen LogP contribution in [-0.4, -0.2) is 29.2 Å². The number of aryl methyl sites for hydroxylation is 1. The smallest absolute Gasteiger partial charge is 0.227 e. The number of hydrogen-bond acceptors (Lipinski definition) is 5. The molecule has 3 aliphatic rings. The number of aromatic hydroxyl groups is 1. The van der Waals surface area contributed by atoms with Gasteiger partial charge >= 0.3 is 0 Å². The third-order valence-electron chi connectivity index (χ3n) is 6.08. The minimum Gasteiger partial charge on any atom is -0.492 e. The fraction of sp³-hybridized carbons (Fsp3) is 0.476. The molecule has 1 fully saturated rings. The number of rotatable bonds is 5. The molecule has 2 aromatic rings. The largest absolute Gasteiger partial charge is 0.492 e. The first-order valence-electron chi connectivity index (χ1n) is 9.72. The van der Waals surface area contributed by atoms with Crippen LogP contribution < -0.4 is 10.2 Å². The second-order valence-electron chi connectivity index (χ2n) is 7.77. The van der Waals surface area contributed by atoms with Gasteiger partial charge in [-0.2, -0.15) is 4.98 Å². The highest BCUT2D eigenvalue weighted by molar-refractivity contribution is 7.15. The molecule has 26 heavy (non-hydrogen) atoms.